The van der Waals surface area contributed by atoms with Gasteiger partial charge in [-0.2, -0.15) is 0 Å². The molecule has 6 nitrogen and oxygen atoms in total. The maximum atomic E-state index is 12.3. The molecule has 1 fully saturated rings. The molecule has 0 spiro atoms. The van der Waals surface area contributed by atoms with Gasteiger partial charge in [0, 0.05) is 31.9 Å². The molecule has 0 bridgehead atoms. The first-order chi connectivity index (χ1) is 14.6. The van der Waals surface area contributed by atoms with Crippen LogP contribution in [-0.2, 0) is 35.5 Å². The highest BCUT2D eigenvalue weighted by Crippen LogP contribution is 2.24. The second kappa shape index (κ2) is 9.41. The Hall–Kier alpha value is -2.70. The first-order valence-electron chi connectivity index (χ1n) is 10.8. The average Bonchev–Trinajstić information content (AvgIpc) is 3.22. The number of aliphatic hydroxyl groups excluding tert-OH is 1. The smallest absolute Gasteiger partial charge is 0.313 e. The minimum atomic E-state index is -0.643. The molecule has 0 atom stereocenters. The van der Waals surface area contributed by atoms with Crippen LogP contribution in [0.2, 0.25) is 0 Å². The van der Waals surface area contributed by atoms with Crippen molar-refractivity contribution in [2.75, 3.05) is 18.4 Å². The van der Waals surface area contributed by atoms with Crippen molar-refractivity contribution in [3.63, 3.8) is 0 Å². The van der Waals surface area contributed by atoms with E-state index in [-0.39, 0.29) is 6.10 Å². The third-order valence-electron chi connectivity index (χ3n) is 6.07. The summed E-state index contributed by atoms with van der Waals surface area (Å²) >= 11 is 0. The lowest BCUT2D eigenvalue weighted by molar-refractivity contribution is -0.136. The fourth-order valence-electron chi connectivity index (χ4n) is 4.30. The summed E-state index contributed by atoms with van der Waals surface area (Å²) < 4.78 is 0. The Morgan fingerprint density at radius 1 is 0.967 bits per heavy atom. The molecule has 1 aliphatic carbocycles. The number of nitrogens with zero attached hydrogens (tertiary/aromatic N) is 1. The van der Waals surface area contributed by atoms with Gasteiger partial charge in [0.15, 0.2) is 0 Å². The molecular weight excluding hydrogens is 378 g/mol. The minimum absolute atomic E-state index is 0.194. The van der Waals surface area contributed by atoms with Crippen molar-refractivity contribution in [2.45, 2.75) is 51.3 Å². The molecule has 6 heteroatoms. The van der Waals surface area contributed by atoms with Crippen LogP contribution in [0.15, 0.2) is 42.5 Å². The lowest BCUT2D eigenvalue weighted by atomic mass is 10.0. The average molecular weight is 408 g/mol. The van der Waals surface area contributed by atoms with Gasteiger partial charge in [0.05, 0.1) is 6.10 Å². The Morgan fingerprint density at radius 2 is 1.70 bits per heavy atom. The van der Waals surface area contributed by atoms with Crippen molar-refractivity contribution in [3.05, 3.63) is 64.7 Å². The number of aliphatic hydroxyl groups is 1. The fourth-order valence-corrected chi connectivity index (χ4v) is 4.30. The molecule has 2 aliphatic rings. The number of amides is 2. The number of benzene rings is 2. The molecule has 30 heavy (non-hydrogen) atoms. The third kappa shape index (κ3) is 5.07. The number of likely N-dealkylation sites (tertiary alicyclic amines) is 1. The van der Waals surface area contributed by atoms with Gasteiger partial charge in [-0.1, -0.05) is 30.3 Å². The Kier molecular flexibility index (Phi) is 6.45. The maximum Gasteiger partial charge on any atom is 0.313 e. The molecule has 0 aromatic heterocycles. The lowest BCUT2D eigenvalue weighted by Crippen LogP contribution is -2.36. The number of hydrogen-bond donors (Lipinski definition) is 3. The number of nitrogens with one attached hydrogen (secondary N) is 2. The molecule has 2 aromatic rings. The van der Waals surface area contributed by atoms with Gasteiger partial charge in [-0.05, 0) is 66.5 Å². The molecule has 1 heterocycles. The number of aryl methyl sites for hydroxylation is 2. The van der Waals surface area contributed by atoms with Crippen molar-refractivity contribution in [1.82, 2.24) is 10.2 Å². The van der Waals surface area contributed by atoms with E-state index in [2.05, 4.69) is 21.6 Å². The van der Waals surface area contributed by atoms with Gasteiger partial charge in [0.2, 0.25) is 0 Å². The molecule has 4 rings (SSSR count). The van der Waals surface area contributed by atoms with E-state index in [1.165, 1.54) is 11.1 Å². The van der Waals surface area contributed by atoms with Crippen LogP contribution in [0, 0.1) is 0 Å². The van der Waals surface area contributed by atoms with Crippen LogP contribution in [0.1, 0.15) is 41.5 Å². The summed E-state index contributed by atoms with van der Waals surface area (Å²) in [7, 11) is 0. The van der Waals surface area contributed by atoms with E-state index < -0.39 is 11.8 Å². The zero-order valence-corrected chi connectivity index (χ0v) is 17.2. The first kappa shape index (κ1) is 20.6. The van der Waals surface area contributed by atoms with E-state index >= 15 is 0 Å². The number of fused-ring (bicyclic) bond motifs is 1. The van der Waals surface area contributed by atoms with Crippen LogP contribution in [-0.4, -0.2) is 41.0 Å². The number of hydrogen-bond acceptors (Lipinski definition) is 4. The van der Waals surface area contributed by atoms with E-state index in [1.807, 2.05) is 36.4 Å². The highest BCUT2D eigenvalue weighted by atomic mass is 16.3. The SMILES string of the molecule is O=C(NCc1ccccc1CN1CCC(O)CC1)C(=O)Nc1ccc2c(c1)CCC2. The third-order valence-corrected chi connectivity index (χ3v) is 6.07. The number of carbonyl (C=O) groups excluding carboxylic acids is 2. The van der Waals surface area contributed by atoms with Crippen molar-refractivity contribution < 1.29 is 14.7 Å². The summed E-state index contributed by atoms with van der Waals surface area (Å²) in [6, 6.07) is 13.8. The number of rotatable bonds is 5. The summed E-state index contributed by atoms with van der Waals surface area (Å²) in [4.78, 5) is 27.0. The normalized spacial score (nSPS) is 16.8. The van der Waals surface area contributed by atoms with Crippen LogP contribution in [0.5, 0.6) is 0 Å². The largest absolute Gasteiger partial charge is 0.393 e. The van der Waals surface area contributed by atoms with Crippen LogP contribution >= 0.6 is 0 Å². The van der Waals surface area contributed by atoms with E-state index in [9.17, 15) is 14.7 Å². The first-order valence-corrected chi connectivity index (χ1v) is 10.8. The Balaban J connectivity index is 1.31. The lowest BCUT2D eigenvalue weighted by Gasteiger charge is -2.30. The number of piperidine rings is 1. The zero-order valence-electron chi connectivity index (χ0n) is 17.2. The summed E-state index contributed by atoms with van der Waals surface area (Å²) in [6.45, 7) is 2.82. The van der Waals surface area contributed by atoms with Crippen molar-refractivity contribution in [2.24, 2.45) is 0 Å². The van der Waals surface area contributed by atoms with Crippen molar-refractivity contribution in [1.29, 1.82) is 0 Å². The quantitative estimate of drug-likeness (QED) is 0.665. The molecule has 3 N–H and O–H groups in total. The summed E-state index contributed by atoms with van der Waals surface area (Å²) in [5.41, 5.74) is 5.39. The highest BCUT2D eigenvalue weighted by Gasteiger charge is 2.19. The second-order valence-corrected chi connectivity index (χ2v) is 8.25. The van der Waals surface area contributed by atoms with Gasteiger partial charge in [0.1, 0.15) is 0 Å². The predicted octanol–water partition coefficient (Wildman–Crippen LogP) is 2.39. The topological polar surface area (TPSA) is 81.7 Å². The predicted molar refractivity (Wildman–Crippen MR) is 116 cm³/mol. The van der Waals surface area contributed by atoms with E-state index in [1.54, 1.807) is 0 Å². The van der Waals surface area contributed by atoms with Crippen LogP contribution < -0.4 is 10.6 Å². The molecule has 2 aromatic carbocycles. The number of carbonyl (C=O) groups is 2. The van der Waals surface area contributed by atoms with Crippen molar-refractivity contribution in [3.8, 4) is 0 Å². The molecule has 0 unspecified atom stereocenters. The van der Waals surface area contributed by atoms with Crippen LogP contribution in [0.25, 0.3) is 0 Å². The molecule has 158 valence electrons. The molecule has 0 saturated carbocycles. The Bertz CT molecular complexity index is 920. The summed E-state index contributed by atoms with van der Waals surface area (Å²) in [5.74, 6) is -1.28. The van der Waals surface area contributed by atoms with E-state index in [4.69, 9.17) is 0 Å². The Labute approximate surface area is 177 Å². The van der Waals surface area contributed by atoms with E-state index in [0.29, 0.717) is 12.2 Å². The van der Waals surface area contributed by atoms with Gasteiger partial charge >= 0.3 is 11.8 Å². The van der Waals surface area contributed by atoms with Crippen LogP contribution in [0.4, 0.5) is 5.69 Å². The summed E-state index contributed by atoms with van der Waals surface area (Å²) in [6.07, 6.45) is 4.65. The second-order valence-electron chi connectivity index (χ2n) is 8.25. The molecular formula is C24H29N3O3. The van der Waals surface area contributed by atoms with Gasteiger partial charge in [-0.3, -0.25) is 14.5 Å². The monoisotopic (exact) mass is 407 g/mol. The molecule has 1 aliphatic heterocycles. The molecule has 2 amide bonds. The van der Waals surface area contributed by atoms with Gasteiger partial charge < -0.3 is 15.7 Å². The highest BCUT2D eigenvalue weighted by molar-refractivity contribution is 6.39. The van der Waals surface area contributed by atoms with Gasteiger partial charge in [-0.15, -0.1) is 0 Å². The fraction of sp³-hybridized carbons (Fsp3) is 0.417. The molecule has 1 saturated heterocycles. The maximum absolute atomic E-state index is 12.3. The number of anilines is 1. The Morgan fingerprint density at radius 3 is 2.50 bits per heavy atom. The molecule has 0 radical (unpaired) electrons. The van der Waals surface area contributed by atoms with Crippen LogP contribution in [0.3, 0.4) is 0 Å². The van der Waals surface area contributed by atoms with Crippen molar-refractivity contribution >= 4 is 17.5 Å². The summed E-state index contributed by atoms with van der Waals surface area (Å²) in [5, 5.41) is 15.1. The zero-order chi connectivity index (χ0) is 20.9. The van der Waals surface area contributed by atoms with Gasteiger partial charge in [0.25, 0.3) is 0 Å². The van der Waals surface area contributed by atoms with Gasteiger partial charge in [-0.25, -0.2) is 0 Å². The standard InChI is InChI=1S/C24H29N3O3/c28-22-10-12-27(13-11-22)16-20-5-2-1-4-19(20)15-25-23(29)24(30)26-21-9-8-17-6-3-7-18(17)14-21/h1-2,4-5,8-9,14,22,28H,3,6-7,10-13,15-16H2,(H,25,29)(H,26,30). The van der Waals surface area contributed by atoms with E-state index in [0.717, 1.165) is 62.9 Å². The minimum Gasteiger partial charge on any atom is -0.393 e.